The number of non-ortho nitro benzene ring substituents is 1. The monoisotopic (exact) mass is 422 g/mol. The maximum atomic E-state index is 10.9. The second-order valence-electron chi connectivity index (χ2n) is 5.48. The standard InChI is InChI=1S/C18H19ClN4O4S/c1-3-20-18(28)22-21-10-13-8-15(19)17(16(9-13)26-2)27-11-12-5-4-6-14(7-12)23(24)25/h4-10H,3,11H2,1-2H3,(H2,20,22,28). The summed E-state index contributed by atoms with van der Waals surface area (Å²) in [7, 11) is 1.49. The molecule has 10 heteroatoms. The van der Waals surface area contributed by atoms with Crippen LogP contribution in [0.2, 0.25) is 5.02 Å². The highest BCUT2D eigenvalue weighted by Gasteiger charge is 2.13. The highest BCUT2D eigenvalue weighted by Crippen LogP contribution is 2.36. The summed E-state index contributed by atoms with van der Waals surface area (Å²) in [6.45, 7) is 2.72. The van der Waals surface area contributed by atoms with E-state index in [4.69, 9.17) is 33.3 Å². The first-order valence-electron chi connectivity index (χ1n) is 8.25. The van der Waals surface area contributed by atoms with Crippen LogP contribution in [0.5, 0.6) is 11.5 Å². The van der Waals surface area contributed by atoms with Crippen LogP contribution in [0.3, 0.4) is 0 Å². The second-order valence-corrected chi connectivity index (χ2v) is 6.29. The lowest BCUT2D eigenvalue weighted by Gasteiger charge is -2.13. The van der Waals surface area contributed by atoms with Gasteiger partial charge in [-0.15, -0.1) is 0 Å². The Hall–Kier alpha value is -2.91. The molecule has 0 aliphatic rings. The van der Waals surface area contributed by atoms with Crippen molar-refractivity contribution in [2.75, 3.05) is 13.7 Å². The number of benzene rings is 2. The van der Waals surface area contributed by atoms with Gasteiger partial charge >= 0.3 is 0 Å². The van der Waals surface area contributed by atoms with Gasteiger partial charge < -0.3 is 14.8 Å². The van der Waals surface area contributed by atoms with Gasteiger partial charge in [0.25, 0.3) is 5.69 Å². The number of rotatable bonds is 8. The van der Waals surface area contributed by atoms with Gasteiger partial charge in [-0.3, -0.25) is 15.5 Å². The molecule has 0 saturated carbocycles. The molecule has 0 atom stereocenters. The Bertz CT molecular complexity index is 892. The Balaban J connectivity index is 2.12. The molecule has 0 radical (unpaired) electrons. The molecule has 2 aromatic carbocycles. The summed E-state index contributed by atoms with van der Waals surface area (Å²) in [5.74, 6) is 0.748. The van der Waals surface area contributed by atoms with Gasteiger partial charge in [0, 0.05) is 18.7 Å². The third-order valence-electron chi connectivity index (χ3n) is 3.47. The number of hydrogen-bond donors (Lipinski definition) is 2. The second kappa shape index (κ2) is 10.4. The normalized spacial score (nSPS) is 10.5. The minimum atomic E-state index is -0.457. The molecule has 0 heterocycles. The van der Waals surface area contributed by atoms with E-state index in [-0.39, 0.29) is 12.3 Å². The van der Waals surface area contributed by atoms with Crippen LogP contribution >= 0.6 is 23.8 Å². The van der Waals surface area contributed by atoms with Crippen molar-refractivity contribution in [3.63, 3.8) is 0 Å². The first-order valence-corrected chi connectivity index (χ1v) is 9.03. The molecule has 0 spiro atoms. The summed E-state index contributed by atoms with van der Waals surface area (Å²) in [6.07, 6.45) is 1.54. The third kappa shape index (κ3) is 6.07. The van der Waals surface area contributed by atoms with Crippen molar-refractivity contribution in [1.82, 2.24) is 10.7 Å². The van der Waals surface area contributed by atoms with Crippen LogP contribution in [0.25, 0.3) is 0 Å². The number of methoxy groups -OCH3 is 1. The lowest BCUT2D eigenvalue weighted by atomic mass is 10.2. The molecule has 148 valence electrons. The fraction of sp³-hybridized carbons (Fsp3) is 0.222. The summed E-state index contributed by atoms with van der Waals surface area (Å²) in [4.78, 5) is 10.4. The van der Waals surface area contributed by atoms with Crippen LogP contribution in [0.4, 0.5) is 5.69 Å². The van der Waals surface area contributed by atoms with Gasteiger partial charge in [0.05, 0.1) is 23.3 Å². The van der Waals surface area contributed by atoms with E-state index in [2.05, 4.69) is 15.8 Å². The molecule has 0 amide bonds. The zero-order valence-electron chi connectivity index (χ0n) is 15.3. The minimum absolute atomic E-state index is 0.00583. The van der Waals surface area contributed by atoms with E-state index in [0.29, 0.717) is 39.3 Å². The molecule has 2 aromatic rings. The topological polar surface area (TPSA) is 98.0 Å². The number of nitrogens with one attached hydrogen (secondary N) is 2. The molecular formula is C18H19ClN4O4S. The number of nitro groups is 1. The number of ether oxygens (including phenoxy) is 2. The van der Waals surface area contributed by atoms with Gasteiger partial charge in [-0.05, 0) is 42.4 Å². The lowest BCUT2D eigenvalue weighted by molar-refractivity contribution is -0.384. The highest BCUT2D eigenvalue weighted by atomic mass is 35.5. The SMILES string of the molecule is CCNC(=S)NN=Cc1cc(Cl)c(OCc2cccc([N+](=O)[O-])c2)c(OC)c1. The number of halogens is 1. The smallest absolute Gasteiger partial charge is 0.269 e. The van der Waals surface area contributed by atoms with E-state index in [9.17, 15) is 10.1 Å². The largest absolute Gasteiger partial charge is 0.493 e. The number of hydrazone groups is 1. The Labute approximate surface area is 172 Å². The summed E-state index contributed by atoms with van der Waals surface area (Å²) in [6, 6.07) is 9.55. The van der Waals surface area contributed by atoms with Gasteiger partial charge in [-0.25, -0.2) is 0 Å². The van der Waals surface area contributed by atoms with E-state index in [1.54, 1.807) is 30.5 Å². The molecule has 2 N–H and O–H groups in total. The zero-order chi connectivity index (χ0) is 20.5. The molecule has 2 rings (SSSR count). The molecule has 0 aliphatic carbocycles. The van der Waals surface area contributed by atoms with Gasteiger partial charge in [0.15, 0.2) is 16.6 Å². The molecule has 0 fully saturated rings. The number of nitrogens with zero attached hydrogens (tertiary/aromatic N) is 2. The summed E-state index contributed by atoms with van der Waals surface area (Å²) in [5, 5.41) is 18.5. The van der Waals surface area contributed by atoms with Crippen molar-refractivity contribution < 1.29 is 14.4 Å². The van der Waals surface area contributed by atoms with Gasteiger partial charge in [-0.2, -0.15) is 5.10 Å². The Morgan fingerprint density at radius 1 is 1.39 bits per heavy atom. The summed E-state index contributed by atoms with van der Waals surface area (Å²) < 4.78 is 11.1. The Kier molecular flexibility index (Phi) is 7.97. The Morgan fingerprint density at radius 2 is 2.18 bits per heavy atom. The van der Waals surface area contributed by atoms with E-state index >= 15 is 0 Å². The average Bonchev–Trinajstić information content (AvgIpc) is 2.67. The van der Waals surface area contributed by atoms with Gasteiger partial charge in [0.2, 0.25) is 0 Å². The molecule has 8 nitrogen and oxygen atoms in total. The number of nitro benzene ring substituents is 1. The highest BCUT2D eigenvalue weighted by molar-refractivity contribution is 7.80. The van der Waals surface area contributed by atoms with Crippen molar-refractivity contribution in [3.05, 3.63) is 62.7 Å². The lowest BCUT2D eigenvalue weighted by Crippen LogP contribution is -2.31. The maximum absolute atomic E-state index is 10.9. The average molecular weight is 423 g/mol. The van der Waals surface area contributed by atoms with Crippen LogP contribution < -0.4 is 20.2 Å². The van der Waals surface area contributed by atoms with Crippen molar-refractivity contribution >= 4 is 40.8 Å². The van der Waals surface area contributed by atoms with E-state index in [1.165, 1.54) is 19.2 Å². The molecule has 0 bridgehead atoms. The van der Waals surface area contributed by atoms with Crippen LogP contribution in [0.1, 0.15) is 18.1 Å². The predicted octanol–water partition coefficient (Wildman–Crippen LogP) is 3.65. The quantitative estimate of drug-likeness (QED) is 0.290. The third-order valence-corrected chi connectivity index (χ3v) is 3.99. The maximum Gasteiger partial charge on any atom is 0.269 e. The van der Waals surface area contributed by atoms with Gasteiger partial charge in [0.1, 0.15) is 6.61 Å². The van der Waals surface area contributed by atoms with Crippen molar-refractivity contribution in [2.24, 2.45) is 5.10 Å². The molecule has 0 aromatic heterocycles. The fourth-order valence-electron chi connectivity index (χ4n) is 2.24. The van der Waals surface area contributed by atoms with Crippen LogP contribution in [-0.4, -0.2) is 29.9 Å². The molecule has 0 aliphatic heterocycles. The zero-order valence-corrected chi connectivity index (χ0v) is 16.8. The van der Waals surface area contributed by atoms with Crippen LogP contribution in [0, 0.1) is 10.1 Å². The Morgan fingerprint density at radius 3 is 2.86 bits per heavy atom. The molecule has 0 unspecified atom stereocenters. The van der Waals surface area contributed by atoms with E-state index in [0.717, 1.165) is 0 Å². The van der Waals surface area contributed by atoms with Crippen molar-refractivity contribution in [2.45, 2.75) is 13.5 Å². The molecule has 28 heavy (non-hydrogen) atoms. The first kappa shape index (κ1) is 21.4. The first-order chi connectivity index (χ1) is 13.4. The summed E-state index contributed by atoms with van der Waals surface area (Å²) in [5.41, 5.74) is 3.99. The summed E-state index contributed by atoms with van der Waals surface area (Å²) >= 11 is 11.3. The number of hydrogen-bond acceptors (Lipinski definition) is 6. The number of thiocarbonyl (C=S) groups is 1. The van der Waals surface area contributed by atoms with Crippen LogP contribution in [-0.2, 0) is 6.61 Å². The fourth-order valence-corrected chi connectivity index (χ4v) is 2.71. The minimum Gasteiger partial charge on any atom is -0.493 e. The van der Waals surface area contributed by atoms with E-state index < -0.39 is 4.92 Å². The molecular weight excluding hydrogens is 404 g/mol. The van der Waals surface area contributed by atoms with Crippen molar-refractivity contribution in [3.8, 4) is 11.5 Å². The van der Waals surface area contributed by atoms with Crippen LogP contribution in [0.15, 0.2) is 41.5 Å². The van der Waals surface area contributed by atoms with Crippen molar-refractivity contribution in [1.29, 1.82) is 0 Å². The predicted molar refractivity (Wildman–Crippen MR) is 112 cm³/mol. The van der Waals surface area contributed by atoms with Gasteiger partial charge in [-0.1, -0.05) is 23.7 Å². The molecule has 0 saturated heterocycles. The van der Waals surface area contributed by atoms with E-state index in [1.807, 2.05) is 6.92 Å².